The maximum Gasteiger partial charge on any atom is 0.303 e. The standard InChI is InChI=1S/C13H22O2/c1-3-5-6-7-9-12(8-4-2)10-11-13(14)15/h8,12H,2-3,5-7,9-11H2,1H3,(H,14,15). The number of rotatable bonds is 9. The number of carboxylic acid groups (broad SMARTS) is 1. The Bertz CT molecular complexity index is 215. The number of allylic oxidation sites excluding steroid dienone is 1. The Morgan fingerprint density at radius 2 is 2.13 bits per heavy atom. The lowest BCUT2D eigenvalue weighted by molar-refractivity contribution is -0.137. The van der Waals surface area contributed by atoms with Crippen LogP contribution in [0.3, 0.4) is 0 Å². The molecule has 0 aliphatic carbocycles. The van der Waals surface area contributed by atoms with Crippen LogP contribution in [0.2, 0.25) is 0 Å². The average molecular weight is 210 g/mol. The first-order chi connectivity index (χ1) is 7.20. The fraction of sp³-hybridized carbons (Fsp3) is 0.692. The summed E-state index contributed by atoms with van der Waals surface area (Å²) >= 11 is 0. The van der Waals surface area contributed by atoms with E-state index in [4.69, 9.17) is 5.11 Å². The number of unbranched alkanes of at least 4 members (excludes halogenated alkanes) is 3. The predicted molar refractivity (Wildman–Crippen MR) is 62.8 cm³/mol. The van der Waals surface area contributed by atoms with Gasteiger partial charge in [0.2, 0.25) is 0 Å². The molecule has 86 valence electrons. The van der Waals surface area contributed by atoms with Crippen LogP contribution in [0, 0.1) is 5.92 Å². The van der Waals surface area contributed by atoms with Gasteiger partial charge in [0.15, 0.2) is 0 Å². The lowest BCUT2D eigenvalue weighted by Crippen LogP contribution is -2.02. The van der Waals surface area contributed by atoms with Crippen LogP contribution in [0.5, 0.6) is 0 Å². The summed E-state index contributed by atoms with van der Waals surface area (Å²) in [6.45, 7) is 5.73. The zero-order valence-corrected chi connectivity index (χ0v) is 9.67. The molecule has 1 N–H and O–H groups in total. The molecule has 0 rings (SSSR count). The van der Waals surface area contributed by atoms with E-state index in [1.54, 1.807) is 0 Å². The zero-order valence-electron chi connectivity index (χ0n) is 9.67. The van der Waals surface area contributed by atoms with E-state index in [0.717, 1.165) is 6.42 Å². The number of carbonyl (C=O) groups is 1. The van der Waals surface area contributed by atoms with Crippen LogP contribution in [0.25, 0.3) is 0 Å². The van der Waals surface area contributed by atoms with E-state index in [1.165, 1.54) is 25.7 Å². The molecule has 15 heavy (non-hydrogen) atoms. The number of carboxylic acids is 1. The molecule has 2 nitrogen and oxygen atoms in total. The van der Waals surface area contributed by atoms with Gasteiger partial charge in [-0.15, -0.1) is 5.73 Å². The predicted octanol–water partition coefficient (Wildman–Crippen LogP) is 3.78. The summed E-state index contributed by atoms with van der Waals surface area (Å²) in [6.07, 6.45) is 8.85. The molecule has 0 aromatic heterocycles. The summed E-state index contributed by atoms with van der Waals surface area (Å²) in [5.41, 5.74) is 2.76. The Morgan fingerprint density at radius 1 is 1.40 bits per heavy atom. The molecule has 1 atom stereocenters. The Labute approximate surface area is 92.7 Å². The third kappa shape index (κ3) is 9.30. The Kier molecular flexibility index (Phi) is 8.90. The molecule has 0 aliphatic heterocycles. The van der Waals surface area contributed by atoms with E-state index < -0.39 is 5.97 Å². The van der Waals surface area contributed by atoms with Crippen LogP contribution in [-0.2, 0) is 4.79 Å². The normalized spacial score (nSPS) is 11.8. The van der Waals surface area contributed by atoms with Crippen molar-refractivity contribution in [2.24, 2.45) is 5.92 Å². The van der Waals surface area contributed by atoms with Gasteiger partial charge in [0.1, 0.15) is 0 Å². The van der Waals surface area contributed by atoms with Gasteiger partial charge >= 0.3 is 5.97 Å². The van der Waals surface area contributed by atoms with Crippen molar-refractivity contribution in [2.75, 3.05) is 0 Å². The second-order valence-corrected chi connectivity index (χ2v) is 3.91. The molecule has 1 unspecified atom stereocenters. The van der Waals surface area contributed by atoms with Crippen LogP contribution >= 0.6 is 0 Å². The Morgan fingerprint density at radius 3 is 2.67 bits per heavy atom. The first-order valence-electron chi connectivity index (χ1n) is 5.78. The average Bonchev–Trinajstić information content (AvgIpc) is 2.20. The van der Waals surface area contributed by atoms with E-state index >= 15 is 0 Å². The van der Waals surface area contributed by atoms with E-state index in [-0.39, 0.29) is 6.42 Å². The number of aliphatic carboxylic acids is 1. The largest absolute Gasteiger partial charge is 0.481 e. The fourth-order valence-corrected chi connectivity index (χ4v) is 1.62. The van der Waals surface area contributed by atoms with Gasteiger partial charge in [-0.05, 0) is 24.8 Å². The van der Waals surface area contributed by atoms with Gasteiger partial charge in [-0.25, -0.2) is 0 Å². The second kappa shape index (κ2) is 9.54. The molecule has 0 fully saturated rings. The van der Waals surface area contributed by atoms with Crippen LogP contribution < -0.4 is 0 Å². The first-order valence-corrected chi connectivity index (χ1v) is 5.78. The molecular formula is C13H22O2. The minimum absolute atomic E-state index is 0.247. The SMILES string of the molecule is C=C=CC(CCCCCC)CCC(=O)O. The molecule has 0 aliphatic rings. The summed E-state index contributed by atoms with van der Waals surface area (Å²) in [6, 6.07) is 0. The Hall–Kier alpha value is -1.01. The van der Waals surface area contributed by atoms with Gasteiger partial charge < -0.3 is 5.11 Å². The molecule has 2 heteroatoms. The lowest BCUT2D eigenvalue weighted by atomic mass is 9.96. The first kappa shape index (κ1) is 14.0. The van der Waals surface area contributed by atoms with Gasteiger partial charge in [0.05, 0.1) is 0 Å². The highest BCUT2D eigenvalue weighted by atomic mass is 16.4. The highest BCUT2D eigenvalue weighted by Gasteiger charge is 2.07. The molecule has 0 saturated carbocycles. The summed E-state index contributed by atoms with van der Waals surface area (Å²) in [7, 11) is 0. The molecule has 0 aromatic rings. The molecule has 0 spiro atoms. The minimum Gasteiger partial charge on any atom is -0.481 e. The van der Waals surface area contributed by atoms with Gasteiger partial charge in [0, 0.05) is 6.42 Å². The number of hydrogen-bond acceptors (Lipinski definition) is 1. The third-order valence-corrected chi connectivity index (χ3v) is 2.51. The maximum atomic E-state index is 10.4. The van der Waals surface area contributed by atoms with Crippen molar-refractivity contribution in [2.45, 2.75) is 51.9 Å². The molecular weight excluding hydrogens is 188 g/mol. The molecule has 0 aromatic carbocycles. The Balaban J connectivity index is 3.73. The van der Waals surface area contributed by atoms with Crippen molar-refractivity contribution in [3.05, 3.63) is 18.4 Å². The van der Waals surface area contributed by atoms with Crippen molar-refractivity contribution < 1.29 is 9.90 Å². The van der Waals surface area contributed by atoms with Crippen LogP contribution in [0.1, 0.15) is 51.9 Å². The van der Waals surface area contributed by atoms with Crippen molar-refractivity contribution in [1.29, 1.82) is 0 Å². The van der Waals surface area contributed by atoms with Crippen molar-refractivity contribution in [3.8, 4) is 0 Å². The number of hydrogen-bond donors (Lipinski definition) is 1. The van der Waals surface area contributed by atoms with Crippen molar-refractivity contribution in [1.82, 2.24) is 0 Å². The molecule has 0 radical (unpaired) electrons. The van der Waals surface area contributed by atoms with Crippen LogP contribution in [0.4, 0.5) is 0 Å². The highest BCUT2D eigenvalue weighted by molar-refractivity contribution is 5.66. The van der Waals surface area contributed by atoms with Crippen LogP contribution in [-0.4, -0.2) is 11.1 Å². The van der Waals surface area contributed by atoms with E-state index in [2.05, 4.69) is 19.2 Å². The highest BCUT2D eigenvalue weighted by Crippen LogP contribution is 2.17. The third-order valence-electron chi connectivity index (χ3n) is 2.51. The monoisotopic (exact) mass is 210 g/mol. The topological polar surface area (TPSA) is 37.3 Å². The molecule has 0 bridgehead atoms. The van der Waals surface area contributed by atoms with Crippen molar-refractivity contribution in [3.63, 3.8) is 0 Å². The van der Waals surface area contributed by atoms with Gasteiger partial charge in [-0.3, -0.25) is 4.79 Å². The molecule has 0 saturated heterocycles. The van der Waals surface area contributed by atoms with Gasteiger partial charge in [0.25, 0.3) is 0 Å². The molecule has 0 heterocycles. The fourth-order valence-electron chi connectivity index (χ4n) is 1.62. The zero-order chi connectivity index (χ0) is 11.5. The summed E-state index contributed by atoms with van der Waals surface area (Å²) in [5.74, 6) is -0.374. The molecule has 0 amide bonds. The lowest BCUT2D eigenvalue weighted by Gasteiger charge is -2.09. The summed E-state index contributed by atoms with van der Waals surface area (Å²) in [4.78, 5) is 10.4. The quantitative estimate of drug-likeness (QED) is 0.464. The van der Waals surface area contributed by atoms with Gasteiger partial charge in [-0.1, -0.05) is 39.2 Å². The summed E-state index contributed by atoms with van der Waals surface area (Å²) in [5, 5.41) is 8.59. The van der Waals surface area contributed by atoms with Crippen molar-refractivity contribution >= 4 is 5.97 Å². The maximum absolute atomic E-state index is 10.4. The van der Waals surface area contributed by atoms with Crippen LogP contribution in [0.15, 0.2) is 18.4 Å². The van der Waals surface area contributed by atoms with E-state index in [0.29, 0.717) is 12.3 Å². The summed E-state index contributed by atoms with van der Waals surface area (Å²) < 4.78 is 0. The van der Waals surface area contributed by atoms with E-state index in [9.17, 15) is 4.79 Å². The smallest absolute Gasteiger partial charge is 0.303 e. The van der Waals surface area contributed by atoms with E-state index in [1.807, 2.05) is 6.08 Å². The minimum atomic E-state index is -0.717. The second-order valence-electron chi connectivity index (χ2n) is 3.91. The van der Waals surface area contributed by atoms with Gasteiger partial charge in [-0.2, -0.15) is 0 Å².